The van der Waals surface area contributed by atoms with Gasteiger partial charge >= 0.3 is 0 Å². The van der Waals surface area contributed by atoms with E-state index in [1.807, 2.05) is 37.5 Å². The first kappa shape index (κ1) is 22.5. The zero-order valence-corrected chi connectivity index (χ0v) is 19.7. The van der Waals surface area contributed by atoms with Crippen LogP contribution >= 0.6 is 0 Å². The molecule has 0 aliphatic heterocycles. The number of benzene rings is 2. The van der Waals surface area contributed by atoms with E-state index in [0.29, 0.717) is 29.0 Å². The normalized spacial score (nSPS) is 11.4. The number of hydrogen-bond acceptors (Lipinski definition) is 6. The standard InChI is InChI=1S/C24H25N5O3S/c1-5-19-6-12-22(13-7-19)33(30,31)28-20-8-10-21(11-9-20)32-24-14-23(26-18(4)27-24)29-15-25-16(2)17(29)3/h6-15,28H,5H2,1-4H3. The molecule has 8 nitrogen and oxygen atoms in total. The minimum atomic E-state index is -3.67. The van der Waals surface area contributed by atoms with Crippen LogP contribution in [0.3, 0.4) is 0 Å². The summed E-state index contributed by atoms with van der Waals surface area (Å²) in [6.45, 7) is 7.72. The first-order chi connectivity index (χ1) is 15.7. The minimum absolute atomic E-state index is 0.217. The number of rotatable bonds is 7. The van der Waals surface area contributed by atoms with Crippen molar-refractivity contribution in [2.75, 3.05) is 4.72 Å². The van der Waals surface area contributed by atoms with E-state index in [1.54, 1.807) is 55.7 Å². The Balaban J connectivity index is 1.50. The fraction of sp³-hybridized carbons (Fsp3) is 0.208. The molecule has 4 aromatic rings. The average Bonchev–Trinajstić information content (AvgIpc) is 3.13. The van der Waals surface area contributed by atoms with Crippen LogP contribution in [-0.2, 0) is 16.4 Å². The van der Waals surface area contributed by atoms with Crippen LogP contribution in [-0.4, -0.2) is 27.9 Å². The van der Waals surface area contributed by atoms with Crippen molar-refractivity contribution in [1.82, 2.24) is 19.5 Å². The smallest absolute Gasteiger partial charge is 0.261 e. The van der Waals surface area contributed by atoms with Crippen molar-refractivity contribution in [2.24, 2.45) is 0 Å². The third-order valence-corrected chi connectivity index (χ3v) is 6.67. The highest BCUT2D eigenvalue weighted by molar-refractivity contribution is 7.92. The second-order valence-electron chi connectivity index (χ2n) is 7.63. The van der Waals surface area contributed by atoms with Crippen LogP contribution in [0.2, 0.25) is 0 Å². The van der Waals surface area contributed by atoms with Crippen LogP contribution in [0.5, 0.6) is 11.6 Å². The second kappa shape index (κ2) is 9.03. The monoisotopic (exact) mass is 463 g/mol. The summed E-state index contributed by atoms with van der Waals surface area (Å²) in [5, 5.41) is 0. The van der Waals surface area contributed by atoms with Gasteiger partial charge in [-0.3, -0.25) is 9.29 Å². The summed E-state index contributed by atoms with van der Waals surface area (Å²) in [6, 6.07) is 15.2. The fourth-order valence-electron chi connectivity index (χ4n) is 3.26. The van der Waals surface area contributed by atoms with Crippen molar-refractivity contribution >= 4 is 15.7 Å². The number of nitrogens with zero attached hydrogens (tertiary/aromatic N) is 4. The molecule has 0 aliphatic rings. The summed E-state index contributed by atoms with van der Waals surface area (Å²) in [6.07, 6.45) is 2.57. The maximum absolute atomic E-state index is 12.6. The van der Waals surface area contributed by atoms with E-state index in [2.05, 4.69) is 19.7 Å². The van der Waals surface area contributed by atoms with Gasteiger partial charge in [-0.15, -0.1) is 0 Å². The predicted octanol–water partition coefficient (Wildman–Crippen LogP) is 4.74. The van der Waals surface area contributed by atoms with Gasteiger partial charge in [0.1, 0.15) is 23.7 Å². The number of ether oxygens (including phenoxy) is 1. The Morgan fingerprint density at radius 3 is 2.27 bits per heavy atom. The highest BCUT2D eigenvalue weighted by Crippen LogP contribution is 2.25. The van der Waals surface area contributed by atoms with E-state index >= 15 is 0 Å². The van der Waals surface area contributed by atoms with Crippen LogP contribution in [0.25, 0.3) is 5.82 Å². The predicted molar refractivity (Wildman–Crippen MR) is 127 cm³/mol. The third-order valence-electron chi connectivity index (χ3n) is 5.27. The summed E-state index contributed by atoms with van der Waals surface area (Å²) in [5.74, 6) is 2.13. The Morgan fingerprint density at radius 1 is 0.970 bits per heavy atom. The lowest BCUT2D eigenvalue weighted by molar-refractivity contribution is 0.459. The van der Waals surface area contributed by atoms with Gasteiger partial charge < -0.3 is 4.74 Å². The summed E-state index contributed by atoms with van der Waals surface area (Å²) in [5.41, 5.74) is 3.43. The number of aryl methyl sites for hydroxylation is 3. The summed E-state index contributed by atoms with van der Waals surface area (Å²) in [7, 11) is -3.67. The molecule has 0 radical (unpaired) electrons. The molecule has 2 aromatic heterocycles. The van der Waals surface area contributed by atoms with Crippen molar-refractivity contribution < 1.29 is 13.2 Å². The first-order valence-corrected chi connectivity index (χ1v) is 12.0. The zero-order chi connectivity index (χ0) is 23.6. The van der Waals surface area contributed by atoms with Gasteiger partial charge in [-0.1, -0.05) is 19.1 Å². The van der Waals surface area contributed by atoms with Gasteiger partial charge in [-0.05, 0) is 69.2 Å². The summed E-state index contributed by atoms with van der Waals surface area (Å²) in [4.78, 5) is 13.3. The lowest BCUT2D eigenvalue weighted by atomic mass is 10.2. The molecule has 4 rings (SSSR count). The van der Waals surface area contributed by atoms with E-state index in [0.717, 1.165) is 23.4 Å². The van der Waals surface area contributed by atoms with Gasteiger partial charge in [0.15, 0.2) is 0 Å². The van der Waals surface area contributed by atoms with Crippen molar-refractivity contribution in [3.05, 3.63) is 83.7 Å². The van der Waals surface area contributed by atoms with Crippen LogP contribution in [0.15, 0.2) is 65.8 Å². The summed E-state index contributed by atoms with van der Waals surface area (Å²) < 4.78 is 35.7. The zero-order valence-electron chi connectivity index (χ0n) is 18.9. The van der Waals surface area contributed by atoms with Crippen LogP contribution in [0.1, 0.15) is 29.7 Å². The third kappa shape index (κ3) is 5.04. The lowest BCUT2D eigenvalue weighted by Crippen LogP contribution is -2.12. The highest BCUT2D eigenvalue weighted by atomic mass is 32.2. The van der Waals surface area contributed by atoms with E-state index < -0.39 is 10.0 Å². The van der Waals surface area contributed by atoms with Crippen molar-refractivity contribution in [2.45, 2.75) is 39.0 Å². The Bertz CT molecular complexity index is 1380. The molecular formula is C24H25N5O3S. The van der Waals surface area contributed by atoms with Crippen molar-refractivity contribution in [1.29, 1.82) is 0 Å². The minimum Gasteiger partial charge on any atom is -0.439 e. The molecule has 0 amide bonds. The van der Waals surface area contributed by atoms with Gasteiger partial charge in [0, 0.05) is 17.4 Å². The number of anilines is 1. The van der Waals surface area contributed by atoms with Crippen LogP contribution in [0, 0.1) is 20.8 Å². The molecule has 0 bridgehead atoms. The molecule has 0 atom stereocenters. The maximum atomic E-state index is 12.6. The van der Waals surface area contributed by atoms with Gasteiger partial charge in [0.05, 0.1) is 10.6 Å². The van der Waals surface area contributed by atoms with Crippen LogP contribution < -0.4 is 9.46 Å². The summed E-state index contributed by atoms with van der Waals surface area (Å²) >= 11 is 0. The Morgan fingerprint density at radius 2 is 1.67 bits per heavy atom. The van der Waals surface area contributed by atoms with Gasteiger partial charge in [-0.25, -0.2) is 18.4 Å². The van der Waals surface area contributed by atoms with Gasteiger partial charge in [0.2, 0.25) is 5.88 Å². The quantitative estimate of drug-likeness (QED) is 0.425. The molecule has 0 spiro atoms. The Kier molecular flexibility index (Phi) is 6.15. The van der Waals surface area contributed by atoms with Gasteiger partial charge in [-0.2, -0.15) is 4.98 Å². The molecule has 9 heteroatoms. The van der Waals surface area contributed by atoms with E-state index in [-0.39, 0.29) is 4.90 Å². The van der Waals surface area contributed by atoms with Crippen LogP contribution in [0.4, 0.5) is 5.69 Å². The molecule has 0 fully saturated rings. The SMILES string of the molecule is CCc1ccc(S(=O)(=O)Nc2ccc(Oc3cc(-n4cnc(C)c4C)nc(C)n3)cc2)cc1. The molecule has 0 unspecified atom stereocenters. The van der Waals surface area contributed by atoms with E-state index in [4.69, 9.17) is 4.74 Å². The van der Waals surface area contributed by atoms with Gasteiger partial charge in [0.25, 0.3) is 10.0 Å². The first-order valence-electron chi connectivity index (χ1n) is 10.5. The average molecular weight is 464 g/mol. The molecule has 0 aliphatic carbocycles. The molecule has 2 heterocycles. The molecule has 33 heavy (non-hydrogen) atoms. The Hall–Kier alpha value is -3.72. The number of imidazole rings is 1. The Labute approximate surface area is 193 Å². The number of sulfonamides is 1. The molecule has 0 saturated carbocycles. The highest BCUT2D eigenvalue weighted by Gasteiger charge is 2.14. The molecular weight excluding hydrogens is 438 g/mol. The number of nitrogens with one attached hydrogen (secondary N) is 1. The molecule has 1 N–H and O–H groups in total. The lowest BCUT2D eigenvalue weighted by Gasteiger charge is -2.11. The van der Waals surface area contributed by atoms with Crippen molar-refractivity contribution in [3.63, 3.8) is 0 Å². The maximum Gasteiger partial charge on any atom is 0.261 e. The van der Waals surface area contributed by atoms with E-state index in [1.165, 1.54) is 0 Å². The molecule has 0 saturated heterocycles. The molecule has 2 aromatic carbocycles. The second-order valence-corrected chi connectivity index (χ2v) is 9.31. The number of aromatic nitrogens is 4. The molecule has 170 valence electrons. The van der Waals surface area contributed by atoms with Crippen molar-refractivity contribution in [3.8, 4) is 17.4 Å². The number of hydrogen-bond donors (Lipinski definition) is 1. The fourth-order valence-corrected chi connectivity index (χ4v) is 4.32. The topological polar surface area (TPSA) is 99.0 Å². The van der Waals surface area contributed by atoms with E-state index in [9.17, 15) is 8.42 Å². The largest absolute Gasteiger partial charge is 0.439 e.